The van der Waals surface area contributed by atoms with Gasteiger partial charge in [-0.2, -0.15) is 0 Å². The molecule has 2 aromatic rings. The average Bonchev–Trinajstić information content (AvgIpc) is 3.10. The summed E-state index contributed by atoms with van der Waals surface area (Å²) in [4.78, 5) is 27.6. The van der Waals surface area contributed by atoms with Crippen LogP contribution >= 0.6 is 0 Å². The Morgan fingerprint density at radius 2 is 1.76 bits per heavy atom. The Kier molecular flexibility index (Phi) is 7.98. The molecule has 2 aromatic carbocycles. The summed E-state index contributed by atoms with van der Waals surface area (Å²) in [5.74, 6) is 0.0443. The number of aliphatic hydroxyl groups excluding tert-OH is 1. The fraction of sp³-hybridized carbons (Fsp3) is 0.385. The van der Waals surface area contributed by atoms with Crippen molar-refractivity contribution >= 4 is 17.4 Å². The number of unbranched alkanes of at least 4 members (excludes halogenated alkanes) is 1. The second-order valence-electron chi connectivity index (χ2n) is 7.84. The monoisotopic (exact) mass is 453 g/mol. The van der Waals surface area contributed by atoms with Gasteiger partial charge in [0.15, 0.2) is 11.5 Å². The Balaban J connectivity index is 2.15. The van der Waals surface area contributed by atoms with Gasteiger partial charge in [0.1, 0.15) is 11.5 Å². The molecule has 0 radical (unpaired) electrons. The van der Waals surface area contributed by atoms with Crippen LogP contribution in [0.5, 0.6) is 17.2 Å². The molecular formula is C26H31NO6. The minimum atomic E-state index is -0.739. The first-order valence-corrected chi connectivity index (χ1v) is 11.2. The van der Waals surface area contributed by atoms with Gasteiger partial charge in [0.2, 0.25) is 0 Å². The fourth-order valence-corrected chi connectivity index (χ4v) is 3.92. The molecule has 176 valence electrons. The zero-order valence-corrected chi connectivity index (χ0v) is 19.6. The van der Waals surface area contributed by atoms with E-state index in [0.29, 0.717) is 41.5 Å². The van der Waals surface area contributed by atoms with Gasteiger partial charge in [-0.15, -0.1) is 0 Å². The summed E-state index contributed by atoms with van der Waals surface area (Å²) < 4.78 is 16.4. The predicted octanol–water partition coefficient (Wildman–Crippen LogP) is 4.71. The van der Waals surface area contributed by atoms with Gasteiger partial charge in [-0.3, -0.25) is 9.59 Å². The van der Waals surface area contributed by atoms with E-state index in [1.807, 2.05) is 13.8 Å². The lowest BCUT2D eigenvalue weighted by Crippen LogP contribution is -2.30. The van der Waals surface area contributed by atoms with Crippen LogP contribution in [0.3, 0.4) is 0 Å². The van der Waals surface area contributed by atoms with Crippen LogP contribution in [0.2, 0.25) is 0 Å². The molecule has 7 nitrogen and oxygen atoms in total. The molecule has 1 aliphatic heterocycles. The van der Waals surface area contributed by atoms with E-state index in [2.05, 4.69) is 0 Å². The number of hydrogen-bond acceptors (Lipinski definition) is 6. The second-order valence-corrected chi connectivity index (χ2v) is 7.84. The van der Waals surface area contributed by atoms with Gasteiger partial charge in [-0.1, -0.05) is 38.5 Å². The molecule has 1 heterocycles. The third-order valence-electron chi connectivity index (χ3n) is 5.60. The van der Waals surface area contributed by atoms with Gasteiger partial charge >= 0.3 is 0 Å². The number of likely N-dealkylation sites (tertiary alicyclic amines) is 1. The number of carbonyl (C=O) groups excluding carboxylic acids is 2. The molecule has 0 saturated carbocycles. The molecule has 1 N–H and O–H groups in total. The van der Waals surface area contributed by atoms with Crippen molar-refractivity contribution in [3.05, 3.63) is 59.2 Å². The summed E-state index contributed by atoms with van der Waals surface area (Å²) in [6.07, 6.45) is 2.44. The van der Waals surface area contributed by atoms with E-state index in [1.165, 1.54) is 12.0 Å². The first-order chi connectivity index (χ1) is 16.0. The van der Waals surface area contributed by atoms with Crippen LogP contribution in [-0.4, -0.2) is 49.1 Å². The summed E-state index contributed by atoms with van der Waals surface area (Å²) >= 11 is 0. The average molecular weight is 454 g/mol. The van der Waals surface area contributed by atoms with Crippen LogP contribution in [0.25, 0.3) is 5.76 Å². The molecule has 1 aliphatic rings. The first-order valence-electron chi connectivity index (χ1n) is 11.2. The molecule has 7 heteroatoms. The Morgan fingerprint density at radius 1 is 1.00 bits per heavy atom. The molecule has 33 heavy (non-hydrogen) atoms. The van der Waals surface area contributed by atoms with Crippen LogP contribution < -0.4 is 14.2 Å². The highest BCUT2D eigenvalue weighted by molar-refractivity contribution is 6.46. The topological polar surface area (TPSA) is 85.3 Å². The Hall–Kier alpha value is -3.48. The quantitative estimate of drug-likeness (QED) is 0.318. The molecule has 0 spiro atoms. The van der Waals surface area contributed by atoms with Gasteiger partial charge in [0.05, 0.1) is 32.4 Å². The van der Waals surface area contributed by atoms with Gasteiger partial charge in [-0.05, 0) is 42.7 Å². The standard InChI is InChI=1S/C26H31NO6/c1-5-7-13-27-23(17-11-12-20(31-3)21(16-17)32-4)22(25(29)26(27)30)24(28)18-9-8-10-19(15-18)33-14-6-2/h8-12,15-16,23,28H,5-7,13-14H2,1-4H3/b24-22-. The van der Waals surface area contributed by atoms with Gasteiger partial charge in [0, 0.05) is 12.1 Å². The van der Waals surface area contributed by atoms with Crippen molar-refractivity contribution in [3.63, 3.8) is 0 Å². The first kappa shape index (κ1) is 24.2. The fourth-order valence-electron chi connectivity index (χ4n) is 3.92. The van der Waals surface area contributed by atoms with Crippen molar-refractivity contribution in [3.8, 4) is 17.2 Å². The van der Waals surface area contributed by atoms with Gasteiger partial charge in [-0.25, -0.2) is 0 Å². The van der Waals surface area contributed by atoms with E-state index in [4.69, 9.17) is 14.2 Å². The number of methoxy groups -OCH3 is 2. The number of nitrogens with zero attached hydrogens (tertiary/aromatic N) is 1. The highest BCUT2D eigenvalue weighted by Gasteiger charge is 2.46. The Labute approximate surface area is 194 Å². The SMILES string of the molecule is CCCCN1C(=O)C(=O)/C(=C(\O)c2cccc(OCCC)c2)C1c1ccc(OC)c(OC)c1. The number of benzene rings is 2. The number of aliphatic hydroxyl groups is 1. The van der Waals surface area contributed by atoms with Crippen molar-refractivity contribution in [1.82, 2.24) is 4.90 Å². The predicted molar refractivity (Wildman–Crippen MR) is 126 cm³/mol. The second kappa shape index (κ2) is 10.9. The number of hydrogen-bond donors (Lipinski definition) is 1. The van der Waals surface area contributed by atoms with E-state index >= 15 is 0 Å². The molecular weight excluding hydrogens is 422 g/mol. The zero-order chi connectivity index (χ0) is 24.0. The number of Topliss-reactive ketones (excluding diaryl/α,β-unsaturated/α-hetero) is 1. The summed E-state index contributed by atoms with van der Waals surface area (Å²) in [5, 5.41) is 11.2. The third kappa shape index (κ3) is 4.97. The van der Waals surface area contributed by atoms with Crippen LogP contribution in [-0.2, 0) is 9.59 Å². The third-order valence-corrected chi connectivity index (χ3v) is 5.60. The minimum Gasteiger partial charge on any atom is -0.507 e. The largest absolute Gasteiger partial charge is 0.507 e. The lowest BCUT2D eigenvalue weighted by molar-refractivity contribution is -0.139. The highest BCUT2D eigenvalue weighted by Crippen LogP contribution is 2.42. The van der Waals surface area contributed by atoms with E-state index in [-0.39, 0.29) is 11.3 Å². The molecule has 1 atom stereocenters. The zero-order valence-electron chi connectivity index (χ0n) is 19.6. The molecule has 0 aromatic heterocycles. The lowest BCUT2D eigenvalue weighted by atomic mass is 9.95. The summed E-state index contributed by atoms with van der Waals surface area (Å²) in [5.41, 5.74) is 1.13. The van der Waals surface area contributed by atoms with Crippen molar-refractivity contribution in [2.45, 2.75) is 39.2 Å². The normalized spacial score (nSPS) is 17.3. The smallest absolute Gasteiger partial charge is 0.295 e. The molecule has 1 fully saturated rings. The number of amides is 1. The Bertz CT molecular complexity index is 1040. The maximum absolute atomic E-state index is 13.1. The summed E-state index contributed by atoms with van der Waals surface area (Å²) in [7, 11) is 3.07. The van der Waals surface area contributed by atoms with Crippen LogP contribution in [0.4, 0.5) is 0 Å². The van der Waals surface area contributed by atoms with E-state index in [9.17, 15) is 14.7 Å². The minimum absolute atomic E-state index is 0.0518. The summed E-state index contributed by atoms with van der Waals surface area (Å²) in [6, 6.07) is 11.4. The maximum Gasteiger partial charge on any atom is 0.295 e. The molecule has 3 rings (SSSR count). The maximum atomic E-state index is 13.1. The van der Waals surface area contributed by atoms with E-state index < -0.39 is 17.7 Å². The molecule has 0 bridgehead atoms. The van der Waals surface area contributed by atoms with E-state index in [1.54, 1.807) is 49.6 Å². The van der Waals surface area contributed by atoms with Gasteiger partial charge < -0.3 is 24.2 Å². The number of carbonyl (C=O) groups is 2. The number of ketones is 1. The lowest BCUT2D eigenvalue weighted by Gasteiger charge is -2.26. The van der Waals surface area contributed by atoms with Crippen molar-refractivity contribution < 1.29 is 28.9 Å². The van der Waals surface area contributed by atoms with E-state index in [0.717, 1.165) is 19.3 Å². The Morgan fingerprint density at radius 3 is 2.42 bits per heavy atom. The molecule has 1 saturated heterocycles. The van der Waals surface area contributed by atoms with Crippen molar-refractivity contribution in [2.24, 2.45) is 0 Å². The highest BCUT2D eigenvalue weighted by atomic mass is 16.5. The summed E-state index contributed by atoms with van der Waals surface area (Å²) in [6.45, 7) is 4.96. The molecule has 1 amide bonds. The van der Waals surface area contributed by atoms with Crippen LogP contribution in [0.1, 0.15) is 50.3 Å². The van der Waals surface area contributed by atoms with Crippen LogP contribution in [0, 0.1) is 0 Å². The van der Waals surface area contributed by atoms with Crippen LogP contribution in [0.15, 0.2) is 48.0 Å². The number of ether oxygens (including phenoxy) is 3. The van der Waals surface area contributed by atoms with Gasteiger partial charge in [0.25, 0.3) is 11.7 Å². The number of rotatable bonds is 10. The van der Waals surface area contributed by atoms with Crippen molar-refractivity contribution in [2.75, 3.05) is 27.4 Å². The molecule has 0 aliphatic carbocycles. The molecule has 1 unspecified atom stereocenters. The van der Waals surface area contributed by atoms with Crippen molar-refractivity contribution in [1.29, 1.82) is 0 Å².